The minimum Gasteiger partial charge on any atom is -0.339 e. The van der Waals surface area contributed by atoms with E-state index < -0.39 is 11.6 Å². The highest BCUT2D eigenvalue weighted by Crippen LogP contribution is 2.22. The summed E-state index contributed by atoms with van der Waals surface area (Å²) in [6.45, 7) is 0. The largest absolute Gasteiger partial charge is 0.339 e. The monoisotopic (exact) mass is 268 g/mol. The predicted octanol–water partition coefficient (Wildman–Crippen LogP) is 2.31. The Morgan fingerprint density at radius 3 is 2.21 bits per heavy atom. The number of amides is 1. The van der Waals surface area contributed by atoms with Gasteiger partial charge in [0.25, 0.3) is 5.91 Å². The van der Waals surface area contributed by atoms with Crippen LogP contribution in [0.25, 0.3) is 0 Å². The summed E-state index contributed by atoms with van der Waals surface area (Å²) >= 11 is 0. The third kappa shape index (κ3) is 3.29. The van der Waals surface area contributed by atoms with E-state index in [0.29, 0.717) is 0 Å². The van der Waals surface area contributed by atoms with E-state index in [9.17, 15) is 13.6 Å². The van der Waals surface area contributed by atoms with Crippen molar-refractivity contribution in [3.63, 3.8) is 0 Å². The van der Waals surface area contributed by atoms with Gasteiger partial charge in [-0.15, -0.1) is 0 Å². The molecule has 0 radical (unpaired) electrons. The van der Waals surface area contributed by atoms with Crippen LogP contribution >= 0.6 is 0 Å². The van der Waals surface area contributed by atoms with Crippen LogP contribution in [0, 0.1) is 11.6 Å². The van der Waals surface area contributed by atoms with Gasteiger partial charge in [-0.25, -0.2) is 8.78 Å². The summed E-state index contributed by atoms with van der Waals surface area (Å²) < 4.78 is 26.2. The van der Waals surface area contributed by atoms with Gasteiger partial charge in [-0.05, 0) is 37.8 Å². The molecule has 104 valence electrons. The van der Waals surface area contributed by atoms with E-state index in [2.05, 4.69) is 0 Å². The molecule has 5 heteroatoms. The molecular formula is C14H18F2N2O. The minimum absolute atomic E-state index is 0.0508. The van der Waals surface area contributed by atoms with Crippen LogP contribution in [0.2, 0.25) is 0 Å². The van der Waals surface area contributed by atoms with Gasteiger partial charge in [-0.1, -0.05) is 0 Å². The van der Waals surface area contributed by atoms with Gasteiger partial charge in [0, 0.05) is 30.8 Å². The van der Waals surface area contributed by atoms with E-state index in [4.69, 9.17) is 5.73 Å². The zero-order valence-electron chi connectivity index (χ0n) is 10.9. The molecule has 0 atom stereocenters. The summed E-state index contributed by atoms with van der Waals surface area (Å²) in [6.07, 6.45) is 3.42. The summed E-state index contributed by atoms with van der Waals surface area (Å²) in [6, 6.07) is 3.19. The molecule has 1 fully saturated rings. The van der Waals surface area contributed by atoms with Crippen molar-refractivity contribution in [2.45, 2.75) is 37.8 Å². The van der Waals surface area contributed by atoms with Gasteiger partial charge in [-0.3, -0.25) is 4.79 Å². The van der Waals surface area contributed by atoms with Crippen LogP contribution < -0.4 is 5.73 Å². The van der Waals surface area contributed by atoms with Crippen molar-refractivity contribution in [1.82, 2.24) is 4.90 Å². The van der Waals surface area contributed by atoms with Crippen LogP contribution in [0.3, 0.4) is 0 Å². The number of nitrogens with zero attached hydrogens (tertiary/aromatic N) is 1. The highest BCUT2D eigenvalue weighted by molar-refractivity contribution is 5.94. The Labute approximate surface area is 111 Å². The molecule has 1 aliphatic carbocycles. The van der Waals surface area contributed by atoms with Crippen LogP contribution in [0.15, 0.2) is 18.2 Å². The zero-order chi connectivity index (χ0) is 14.0. The number of nitrogens with two attached hydrogens (primary N) is 1. The maximum atomic E-state index is 13.1. The zero-order valence-corrected chi connectivity index (χ0v) is 10.9. The number of carbonyl (C=O) groups is 1. The molecule has 1 saturated carbocycles. The molecule has 0 aromatic heterocycles. The maximum absolute atomic E-state index is 13.1. The highest BCUT2D eigenvalue weighted by Gasteiger charge is 2.26. The Bertz CT molecular complexity index is 450. The van der Waals surface area contributed by atoms with Crippen molar-refractivity contribution >= 4 is 5.91 Å². The van der Waals surface area contributed by atoms with Crippen LogP contribution in [-0.2, 0) is 0 Å². The number of hydrogen-bond acceptors (Lipinski definition) is 2. The lowest BCUT2D eigenvalue weighted by Crippen LogP contribution is -2.41. The molecule has 19 heavy (non-hydrogen) atoms. The first-order chi connectivity index (χ1) is 8.97. The molecule has 1 aromatic rings. The van der Waals surface area contributed by atoms with Crippen LogP contribution in [0.1, 0.15) is 36.0 Å². The summed E-state index contributed by atoms with van der Waals surface area (Å²) in [5.74, 6) is -1.82. The molecule has 1 aromatic carbocycles. The van der Waals surface area contributed by atoms with Crippen LogP contribution in [0.5, 0.6) is 0 Å². The first-order valence-electron chi connectivity index (χ1n) is 6.46. The number of hydrogen-bond donors (Lipinski definition) is 1. The van der Waals surface area contributed by atoms with E-state index in [-0.39, 0.29) is 23.6 Å². The van der Waals surface area contributed by atoms with Gasteiger partial charge in [0.05, 0.1) is 0 Å². The van der Waals surface area contributed by atoms with E-state index in [1.807, 2.05) is 0 Å². The Morgan fingerprint density at radius 2 is 1.68 bits per heavy atom. The SMILES string of the molecule is CN(C(=O)c1cc(F)cc(F)c1)C1CCC(N)CC1. The molecule has 0 heterocycles. The Morgan fingerprint density at radius 1 is 1.16 bits per heavy atom. The third-order valence-corrected chi connectivity index (χ3v) is 3.72. The quantitative estimate of drug-likeness (QED) is 0.894. The lowest BCUT2D eigenvalue weighted by molar-refractivity contribution is 0.0689. The van der Waals surface area contributed by atoms with Crippen LogP contribution in [0.4, 0.5) is 8.78 Å². The standard InChI is InChI=1S/C14H18F2N2O/c1-18(13-4-2-12(17)3-5-13)14(19)9-6-10(15)8-11(16)7-9/h6-8,12-13H,2-5,17H2,1H3. The van der Waals surface area contributed by atoms with Gasteiger partial charge in [-0.2, -0.15) is 0 Å². The van der Waals surface area contributed by atoms with Crippen LogP contribution in [-0.4, -0.2) is 29.9 Å². The van der Waals surface area contributed by atoms with Gasteiger partial charge < -0.3 is 10.6 Å². The number of rotatable bonds is 2. The molecule has 2 rings (SSSR count). The first kappa shape index (κ1) is 13.9. The number of benzene rings is 1. The molecule has 1 aliphatic rings. The Balaban J connectivity index is 2.10. The first-order valence-corrected chi connectivity index (χ1v) is 6.46. The molecule has 1 amide bonds. The molecule has 2 N–H and O–H groups in total. The van der Waals surface area contributed by atoms with Gasteiger partial charge in [0.1, 0.15) is 11.6 Å². The maximum Gasteiger partial charge on any atom is 0.254 e. The second kappa shape index (κ2) is 5.65. The minimum atomic E-state index is -0.734. The second-order valence-electron chi connectivity index (χ2n) is 5.14. The molecule has 0 bridgehead atoms. The normalized spacial score (nSPS) is 23.2. The van der Waals surface area contributed by atoms with Crippen molar-refractivity contribution < 1.29 is 13.6 Å². The van der Waals surface area contributed by atoms with Crippen molar-refractivity contribution in [3.05, 3.63) is 35.4 Å². The lowest BCUT2D eigenvalue weighted by atomic mass is 9.90. The fourth-order valence-electron chi connectivity index (χ4n) is 2.54. The number of halogens is 2. The molecule has 0 aliphatic heterocycles. The van der Waals surface area contributed by atoms with Crippen molar-refractivity contribution in [3.8, 4) is 0 Å². The average molecular weight is 268 g/mol. The predicted molar refractivity (Wildman–Crippen MR) is 68.7 cm³/mol. The number of carbonyl (C=O) groups excluding carboxylic acids is 1. The average Bonchev–Trinajstić information content (AvgIpc) is 2.37. The van der Waals surface area contributed by atoms with Crippen molar-refractivity contribution in [2.24, 2.45) is 5.73 Å². The Hall–Kier alpha value is -1.49. The van der Waals surface area contributed by atoms with E-state index in [1.165, 1.54) is 0 Å². The van der Waals surface area contributed by atoms with Gasteiger partial charge >= 0.3 is 0 Å². The fourth-order valence-corrected chi connectivity index (χ4v) is 2.54. The second-order valence-corrected chi connectivity index (χ2v) is 5.14. The van der Waals surface area contributed by atoms with Crippen molar-refractivity contribution in [1.29, 1.82) is 0 Å². The summed E-state index contributed by atoms with van der Waals surface area (Å²) in [5.41, 5.74) is 5.87. The molecular weight excluding hydrogens is 250 g/mol. The lowest BCUT2D eigenvalue weighted by Gasteiger charge is -2.33. The third-order valence-electron chi connectivity index (χ3n) is 3.72. The summed E-state index contributed by atoms with van der Waals surface area (Å²) in [4.78, 5) is 13.8. The van der Waals surface area contributed by atoms with E-state index >= 15 is 0 Å². The topological polar surface area (TPSA) is 46.3 Å². The van der Waals surface area contributed by atoms with E-state index in [0.717, 1.165) is 43.9 Å². The Kier molecular flexibility index (Phi) is 4.14. The molecule has 0 saturated heterocycles. The smallest absolute Gasteiger partial charge is 0.254 e. The van der Waals surface area contributed by atoms with E-state index in [1.54, 1.807) is 11.9 Å². The molecule has 3 nitrogen and oxygen atoms in total. The highest BCUT2D eigenvalue weighted by atomic mass is 19.1. The molecule has 0 unspecified atom stereocenters. The van der Waals surface area contributed by atoms with Crippen molar-refractivity contribution in [2.75, 3.05) is 7.05 Å². The summed E-state index contributed by atoms with van der Waals surface area (Å²) in [5, 5.41) is 0. The van der Waals surface area contributed by atoms with Gasteiger partial charge in [0.15, 0.2) is 0 Å². The summed E-state index contributed by atoms with van der Waals surface area (Å²) in [7, 11) is 1.67. The fraction of sp³-hybridized carbons (Fsp3) is 0.500. The van der Waals surface area contributed by atoms with Gasteiger partial charge in [0.2, 0.25) is 0 Å². The molecule has 0 spiro atoms.